The highest BCUT2D eigenvalue weighted by Gasteiger charge is 2.20. The second kappa shape index (κ2) is 5.26. The molecule has 0 spiro atoms. The van der Waals surface area contributed by atoms with Gasteiger partial charge in [-0.05, 0) is 25.0 Å². The smallest absolute Gasteiger partial charge is 0.134 e. The zero-order valence-corrected chi connectivity index (χ0v) is 12.0. The van der Waals surface area contributed by atoms with E-state index in [0.717, 1.165) is 11.1 Å². The van der Waals surface area contributed by atoms with Gasteiger partial charge in [0.25, 0.3) is 0 Å². The van der Waals surface area contributed by atoms with Crippen molar-refractivity contribution in [1.29, 1.82) is 0 Å². The fourth-order valence-electron chi connectivity index (χ4n) is 1.82. The predicted molar refractivity (Wildman–Crippen MR) is 73.7 cm³/mol. The first-order valence-corrected chi connectivity index (χ1v) is 6.67. The lowest BCUT2D eigenvalue weighted by molar-refractivity contribution is 0.214. The molecule has 0 fully saturated rings. The molecule has 0 aliphatic carbocycles. The van der Waals surface area contributed by atoms with Crippen LogP contribution < -0.4 is 4.74 Å². The molecule has 0 radical (unpaired) electrons. The maximum Gasteiger partial charge on any atom is 0.134 e. The Morgan fingerprint density at radius 1 is 1.39 bits per heavy atom. The number of nitrogens with zero attached hydrogens (tertiary/aromatic N) is 1. The fourth-order valence-corrected chi connectivity index (χ4v) is 2.76. The van der Waals surface area contributed by atoms with Crippen LogP contribution in [0.3, 0.4) is 0 Å². The van der Waals surface area contributed by atoms with Crippen molar-refractivity contribution in [3.63, 3.8) is 0 Å². The normalized spacial score (nSPS) is 12.5. The van der Waals surface area contributed by atoms with Crippen molar-refractivity contribution in [2.24, 2.45) is 0 Å². The highest BCUT2D eigenvalue weighted by molar-refractivity contribution is 7.15. The van der Waals surface area contributed by atoms with Gasteiger partial charge in [0.1, 0.15) is 21.2 Å². The summed E-state index contributed by atoms with van der Waals surface area (Å²) in [5.74, 6) is 0.703. The molecule has 0 aliphatic rings. The molecule has 0 amide bonds. The zero-order chi connectivity index (χ0) is 13.3. The van der Waals surface area contributed by atoms with E-state index >= 15 is 0 Å². The molecule has 1 aromatic carbocycles. The van der Waals surface area contributed by atoms with Crippen molar-refractivity contribution in [3.05, 3.63) is 44.4 Å². The molecule has 2 rings (SSSR count). The lowest BCUT2D eigenvalue weighted by atomic mass is 10.0. The number of aromatic nitrogens is 1. The second-order valence-corrected chi connectivity index (χ2v) is 5.73. The Morgan fingerprint density at radius 2 is 2.11 bits per heavy atom. The standard InChI is InChI=1S/C13H14ClNO2S/c1-7-4-5-9(12(17-3)8(7)2)11(16)13-15-6-10(14)18-13/h4-6,11,16H,1-3H3. The minimum atomic E-state index is -0.809. The number of ether oxygens (including phenoxy) is 1. The molecular weight excluding hydrogens is 270 g/mol. The quantitative estimate of drug-likeness (QED) is 0.937. The highest BCUT2D eigenvalue weighted by atomic mass is 35.5. The maximum absolute atomic E-state index is 10.3. The van der Waals surface area contributed by atoms with Gasteiger partial charge in [0.2, 0.25) is 0 Å². The Balaban J connectivity index is 2.48. The van der Waals surface area contributed by atoms with Gasteiger partial charge in [-0.25, -0.2) is 4.98 Å². The first-order valence-electron chi connectivity index (χ1n) is 5.48. The molecule has 1 atom stereocenters. The molecule has 0 saturated carbocycles. The van der Waals surface area contributed by atoms with Crippen molar-refractivity contribution in [1.82, 2.24) is 4.98 Å². The van der Waals surface area contributed by atoms with Crippen LogP contribution in [0.1, 0.15) is 27.8 Å². The molecule has 0 aliphatic heterocycles. The largest absolute Gasteiger partial charge is 0.496 e. The summed E-state index contributed by atoms with van der Waals surface area (Å²) in [6, 6.07) is 3.83. The molecule has 1 heterocycles. The van der Waals surface area contributed by atoms with Gasteiger partial charge in [0.05, 0.1) is 13.3 Å². The zero-order valence-electron chi connectivity index (χ0n) is 10.4. The molecular formula is C13H14ClNO2S. The SMILES string of the molecule is COc1c(C(O)c2ncc(Cl)s2)ccc(C)c1C. The summed E-state index contributed by atoms with van der Waals surface area (Å²) in [4.78, 5) is 4.10. The van der Waals surface area contributed by atoms with Gasteiger partial charge in [-0.1, -0.05) is 23.7 Å². The van der Waals surface area contributed by atoms with Crippen LogP contribution in [0.5, 0.6) is 5.75 Å². The third-order valence-electron chi connectivity index (χ3n) is 2.94. The Hall–Kier alpha value is -1.10. The number of hydrogen-bond donors (Lipinski definition) is 1. The molecule has 1 N–H and O–H groups in total. The Labute approximate surface area is 115 Å². The Morgan fingerprint density at radius 3 is 2.67 bits per heavy atom. The first kappa shape index (κ1) is 13.3. The van der Waals surface area contributed by atoms with E-state index in [-0.39, 0.29) is 0 Å². The van der Waals surface area contributed by atoms with Crippen LogP contribution >= 0.6 is 22.9 Å². The number of thiazole rings is 1. The molecule has 18 heavy (non-hydrogen) atoms. The summed E-state index contributed by atoms with van der Waals surface area (Å²) < 4.78 is 5.95. The van der Waals surface area contributed by atoms with Crippen LogP contribution in [0.15, 0.2) is 18.3 Å². The van der Waals surface area contributed by atoms with Gasteiger partial charge in [0, 0.05) is 5.56 Å². The summed E-state index contributed by atoms with van der Waals surface area (Å²) >= 11 is 7.10. The molecule has 0 saturated heterocycles. The van der Waals surface area contributed by atoms with E-state index < -0.39 is 6.10 Å². The van der Waals surface area contributed by atoms with E-state index in [9.17, 15) is 5.11 Å². The van der Waals surface area contributed by atoms with E-state index in [1.54, 1.807) is 7.11 Å². The van der Waals surface area contributed by atoms with Crippen molar-refractivity contribution in [3.8, 4) is 5.75 Å². The lowest BCUT2D eigenvalue weighted by Crippen LogP contribution is -2.04. The minimum absolute atomic E-state index is 0.562. The second-order valence-electron chi connectivity index (χ2n) is 4.04. The Kier molecular flexibility index (Phi) is 3.90. The number of halogens is 1. The molecule has 2 aromatic rings. The van der Waals surface area contributed by atoms with E-state index in [4.69, 9.17) is 16.3 Å². The van der Waals surface area contributed by atoms with E-state index in [1.165, 1.54) is 17.5 Å². The summed E-state index contributed by atoms with van der Waals surface area (Å²) in [5.41, 5.74) is 2.86. The van der Waals surface area contributed by atoms with Gasteiger partial charge in [-0.2, -0.15) is 0 Å². The molecule has 5 heteroatoms. The third-order valence-corrected chi connectivity index (χ3v) is 4.10. The monoisotopic (exact) mass is 283 g/mol. The van der Waals surface area contributed by atoms with Crippen molar-refractivity contribution in [2.45, 2.75) is 20.0 Å². The number of aliphatic hydroxyl groups excluding tert-OH is 1. The minimum Gasteiger partial charge on any atom is -0.496 e. The van der Waals surface area contributed by atoms with Crippen LogP contribution in [0.4, 0.5) is 0 Å². The average Bonchev–Trinajstić information content (AvgIpc) is 2.78. The number of methoxy groups -OCH3 is 1. The van der Waals surface area contributed by atoms with Crippen molar-refractivity contribution in [2.75, 3.05) is 7.11 Å². The fraction of sp³-hybridized carbons (Fsp3) is 0.308. The van der Waals surface area contributed by atoms with E-state index in [2.05, 4.69) is 4.98 Å². The molecule has 1 aromatic heterocycles. The number of aryl methyl sites for hydroxylation is 1. The van der Waals surface area contributed by atoms with Gasteiger partial charge in [-0.15, -0.1) is 11.3 Å². The highest BCUT2D eigenvalue weighted by Crippen LogP contribution is 2.36. The van der Waals surface area contributed by atoms with Crippen LogP contribution in [0, 0.1) is 13.8 Å². The molecule has 0 bridgehead atoms. The van der Waals surface area contributed by atoms with Crippen LogP contribution in [0.2, 0.25) is 4.34 Å². The summed E-state index contributed by atoms with van der Waals surface area (Å²) in [6.07, 6.45) is 0.731. The summed E-state index contributed by atoms with van der Waals surface area (Å²) in [6.45, 7) is 3.98. The first-order chi connectivity index (χ1) is 8.54. The van der Waals surface area contributed by atoms with Gasteiger partial charge in [-0.3, -0.25) is 0 Å². The topological polar surface area (TPSA) is 42.4 Å². The Bertz CT molecular complexity index is 568. The molecule has 1 unspecified atom stereocenters. The average molecular weight is 284 g/mol. The maximum atomic E-state index is 10.3. The number of aliphatic hydroxyl groups is 1. The van der Waals surface area contributed by atoms with Gasteiger partial charge >= 0.3 is 0 Å². The van der Waals surface area contributed by atoms with Crippen molar-refractivity contribution >= 4 is 22.9 Å². The number of benzene rings is 1. The number of rotatable bonds is 3. The molecule has 96 valence electrons. The summed E-state index contributed by atoms with van der Waals surface area (Å²) in [5, 5.41) is 10.9. The predicted octanol–water partition coefficient (Wildman–Crippen LogP) is 3.50. The van der Waals surface area contributed by atoms with Crippen LogP contribution in [-0.4, -0.2) is 17.2 Å². The van der Waals surface area contributed by atoms with Crippen molar-refractivity contribution < 1.29 is 9.84 Å². The van der Waals surface area contributed by atoms with Gasteiger partial charge < -0.3 is 9.84 Å². The van der Waals surface area contributed by atoms with E-state index in [0.29, 0.717) is 20.7 Å². The summed E-state index contributed by atoms with van der Waals surface area (Å²) in [7, 11) is 1.60. The third kappa shape index (κ3) is 2.36. The van der Waals surface area contributed by atoms with Gasteiger partial charge in [0.15, 0.2) is 0 Å². The van der Waals surface area contributed by atoms with Crippen LogP contribution in [-0.2, 0) is 0 Å². The van der Waals surface area contributed by atoms with E-state index in [1.807, 2.05) is 26.0 Å². The molecule has 3 nitrogen and oxygen atoms in total. The lowest BCUT2D eigenvalue weighted by Gasteiger charge is -2.16. The van der Waals surface area contributed by atoms with Crippen LogP contribution in [0.25, 0.3) is 0 Å². The number of hydrogen-bond acceptors (Lipinski definition) is 4.